The van der Waals surface area contributed by atoms with Crippen LogP contribution in [0.3, 0.4) is 0 Å². The number of nitrogens with zero attached hydrogens (tertiary/aromatic N) is 2. The molecule has 0 aliphatic heterocycles. The van der Waals surface area contributed by atoms with E-state index in [4.69, 9.17) is 4.74 Å². The number of thioether (sulfide) groups is 1. The van der Waals surface area contributed by atoms with Crippen LogP contribution in [-0.2, 0) is 0 Å². The van der Waals surface area contributed by atoms with Crippen molar-refractivity contribution < 1.29 is 4.74 Å². The monoisotopic (exact) mass is 449 g/mol. The Morgan fingerprint density at radius 1 is 1.29 bits per heavy atom. The second kappa shape index (κ2) is 11.5. The van der Waals surface area contributed by atoms with Crippen LogP contribution in [0.4, 0.5) is 10.9 Å². The lowest BCUT2D eigenvalue weighted by molar-refractivity contribution is 0.481. The molecule has 2 heterocycles. The van der Waals surface area contributed by atoms with Crippen LogP contribution in [0, 0.1) is 6.92 Å². The van der Waals surface area contributed by atoms with E-state index in [1.165, 1.54) is 0 Å². The van der Waals surface area contributed by atoms with Gasteiger partial charge >= 0.3 is 0 Å². The number of para-hydroxylation sites is 1. The van der Waals surface area contributed by atoms with Crippen molar-refractivity contribution in [2.75, 3.05) is 5.32 Å². The molecule has 0 bridgehead atoms. The molecule has 1 N–H and O–H groups in total. The van der Waals surface area contributed by atoms with Crippen molar-refractivity contribution >= 4 is 34.0 Å². The maximum absolute atomic E-state index is 6.18. The molecule has 160 valence electrons. The molecule has 1 aromatic carbocycles. The number of pyridine rings is 1. The minimum atomic E-state index is 0.258. The van der Waals surface area contributed by atoms with E-state index in [0.717, 1.165) is 33.5 Å². The largest absolute Gasteiger partial charge is 0.453 e. The van der Waals surface area contributed by atoms with Crippen LogP contribution in [-0.4, -0.2) is 15.2 Å². The molecular formula is C25H27N3OS2. The van der Waals surface area contributed by atoms with Gasteiger partial charge < -0.3 is 10.1 Å². The zero-order valence-corrected chi connectivity index (χ0v) is 19.7. The molecular weight excluding hydrogens is 422 g/mol. The average Bonchev–Trinajstić information content (AvgIpc) is 3.19. The first-order valence-electron chi connectivity index (χ1n) is 10.2. The van der Waals surface area contributed by atoms with Crippen molar-refractivity contribution in [2.45, 2.75) is 37.3 Å². The van der Waals surface area contributed by atoms with E-state index >= 15 is 0 Å². The lowest BCUT2D eigenvalue weighted by Crippen LogP contribution is -2.03. The van der Waals surface area contributed by atoms with Gasteiger partial charge in [-0.3, -0.25) is 0 Å². The van der Waals surface area contributed by atoms with Gasteiger partial charge in [-0.25, -0.2) is 9.97 Å². The number of ether oxygens (including phenoxy) is 1. The van der Waals surface area contributed by atoms with Gasteiger partial charge in [-0.05, 0) is 44.0 Å². The zero-order valence-electron chi connectivity index (χ0n) is 18.0. The van der Waals surface area contributed by atoms with E-state index in [-0.39, 0.29) is 5.25 Å². The molecule has 0 fully saturated rings. The number of hydrogen-bond donors (Lipinski definition) is 1. The summed E-state index contributed by atoms with van der Waals surface area (Å²) in [5, 5.41) is 6.34. The molecule has 3 rings (SSSR count). The summed E-state index contributed by atoms with van der Waals surface area (Å²) < 4.78 is 6.18. The lowest BCUT2D eigenvalue weighted by Gasteiger charge is -2.17. The predicted octanol–water partition coefficient (Wildman–Crippen LogP) is 7.94. The zero-order chi connectivity index (χ0) is 22.1. The number of nitrogens with one attached hydrogen (secondary N) is 1. The number of allylic oxidation sites excluding steroid dienone is 4. The molecule has 6 heteroatoms. The number of rotatable bonds is 10. The molecule has 0 amide bonds. The number of aromatic nitrogens is 2. The quantitative estimate of drug-likeness (QED) is 0.251. The van der Waals surface area contributed by atoms with Crippen LogP contribution in [0.2, 0.25) is 0 Å². The Bertz CT molecular complexity index is 1060. The standard InChI is InChI=1S/C25H27N3OS2/c1-5-7-9-12-18(3)23(6-2)31-21-15-22(29-20-13-10-8-11-14-20)24(26-16-21)28-25-27-19(4)17-30-25/h5,7-17,23H,3,6H2,1-2,4H3,(H,26,27,28)/b7-5-,12-9-. The van der Waals surface area contributed by atoms with Gasteiger partial charge in [0.15, 0.2) is 16.7 Å². The maximum atomic E-state index is 6.18. The molecule has 3 aromatic rings. The first-order valence-corrected chi connectivity index (χ1v) is 11.9. The van der Waals surface area contributed by atoms with Crippen molar-refractivity contribution in [3.63, 3.8) is 0 Å². The molecule has 1 atom stereocenters. The van der Waals surface area contributed by atoms with Gasteiger partial charge in [-0.15, -0.1) is 23.1 Å². The third-order valence-electron chi connectivity index (χ3n) is 4.32. The predicted molar refractivity (Wildman–Crippen MR) is 134 cm³/mol. The van der Waals surface area contributed by atoms with E-state index in [9.17, 15) is 0 Å². The highest BCUT2D eigenvalue weighted by Crippen LogP contribution is 2.37. The summed E-state index contributed by atoms with van der Waals surface area (Å²) in [6.07, 6.45) is 10.9. The summed E-state index contributed by atoms with van der Waals surface area (Å²) in [5.74, 6) is 2.06. The van der Waals surface area contributed by atoms with E-state index < -0.39 is 0 Å². The fraction of sp³-hybridized carbons (Fsp3) is 0.200. The molecule has 31 heavy (non-hydrogen) atoms. The number of anilines is 2. The van der Waals surface area contributed by atoms with E-state index in [2.05, 4.69) is 34.9 Å². The Hall–Kier alpha value is -2.83. The SMILES string of the molecule is C=C(/C=C\C=C/C)C(CC)Sc1cnc(Nc2nc(C)cs2)c(Oc2ccccc2)c1. The Labute approximate surface area is 192 Å². The third-order valence-corrected chi connectivity index (χ3v) is 6.61. The second-order valence-corrected chi connectivity index (χ2v) is 8.96. The molecule has 2 aromatic heterocycles. The lowest BCUT2D eigenvalue weighted by atomic mass is 10.1. The van der Waals surface area contributed by atoms with Crippen molar-refractivity contribution in [3.05, 3.63) is 90.1 Å². The van der Waals surface area contributed by atoms with Crippen LogP contribution < -0.4 is 10.1 Å². The van der Waals surface area contributed by atoms with Crippen LogP contribution in [0.15, 0.2) is 89.3 Å². The van der Waals surface area contributed by atoms with Crippen LogP contribution in [0.1, 0.15) is 26.0 Å². The summed E-state index contributed by atoms with van der Waals surface area (Å²) in [5.41, 5.74) is 2.05. The van der Waals surface area contributed by atoms with Gasteiger partial charge in [-0.2, -0.15) is 0 Å². The molecule has 0 spiro atoms. The van der Waals surface area contributed by atoms with Crippen molar-refractivity contribution in [2.24, 2.45) is 0 Å². The molecule has 0 radical (unpaired) electrons. The molecule has 1 unspecified atom stereocenters. The highest BCUT2D eigenvalue weighted by molar-refractivity contribution is 8.00. The molecule has 4 nitrogen and oxygen atoms in total. The Morgan fingerprint density at radius 3 is 2.77 bits per heavy atom. The fourth-order valence-corrected chi connectivity index (χ4v) is 4.47. The summed E-state index contributed by atoms with van der Waals surface area (Å²) in [4.78, 5) is 10.2. The van der Waals surface area contributed by atoms with Crippen LogP contribution in [0.25, 0.3) is 0 Å². The van der Waals surface area contributed by atoms with Gasteiger partial charge in [-0.1, -0.05) is 56.0 Å². The van der Waals surface area contributed by atoms with Gasteiger partial charge in [0.1, 0.15) is 5.75 Å². The molecule has 0 aliphatic rings. The van der Waals surface area contributed by atoms with Crippen molar-refractivity contribution in [1.82, 2.24) is 9.97 Å². The first kappa shape index (κ1) is 22.8. The Kier molecular flexibility index (Phi) is 8.50. The third kappa shape index (κ3) is 6.84. The highest BCUT2D eigenvalue weighted by atomic mass is 32.2. The summed E-state index contributed by atoms with van der Waals surface area (Å²) >= 11 is 3.28. The summed E-state index contributed by atoms with van der Waals surface area (Å²) in [6.45, 7) is 10.4. The minimum Gasteiger partial charge on any atom is -0.453 e. The number of hydrogen-bond acceptors (Lipinski definition) is 6. The number of thiazole rings is 1. The fourth-order valence-electron chi connectivity index (χ4n) is 2.77. The van der Waals surface area contributed by atoms with Gasteiger partial charge in [0.05, 0.1) is 5.69 Å². The minimum absolute atomic E-state index is 0.258. The number of benzene rings is 1. The Morgan fingerprint density at radius 2 is 2.10 bits per heavy atom. The average molecular weight is 450 g/mol. The van der Waals surface area contributed by atoms with Crippen LogP contribution in [0.5, 0.6) is 11.5 Å². The normalized spacial score (nSPS) is 12.4. The highest BCUT2D eigenvalue weighted by Gasteiger charge is 2.15. The molecule has 0 saturated carbocycles. The molecule has 0 saturated heterocycles. The first-order chi connectivity index (χ1) is 15.1. The topological polar surface area (TPSA) is 47.0 Å². The summed E-state index contributed by atoms with van der Waals surface area (Å²) in [7, 11) is 0. The van der Waals surface area contributed by atoms with Crippen molar-refractivity contribution in [1.29, 1.82) is 0 Å². The van der Waals surface area contributed by atoms with Gasteiger partial charge in [0.2, 0.25) is 0 Å². The second-order valence-electron chi connectivity index (χ2n) is 6.83. The van der Waals surface area contributed by atoms with E-state index in [1.54, 1.807) is 23.1 Å². The van der Waals surface area contributed by atoms with Crippen LogP contribution >= 0.6 is 23.1 Å². The smallest absolute Gasteiger partial charge is 0.188 e. The van der Waals surface area contributed by atoms with Gasteiger partial charge in [0.25, 0.3) is 0 Å². The maximum Gasteiger partial charge on any atom is 0.188 e. The number of aryl methyl sites for hydroxylation is 1. The van der Waals surface area contributed by atoms with E-state index in [0.29, 0.717) is 11.6 Å². The van der Waals surface area contributed by atoms with Crippen molar-refractivity contribution in [3.8, 4) is 11.5 Å². The summed E-state index contributed by atoms with van der Waals surface area (Å²) in [6, 6.07) is 11.8. The Balaban J connectivity index is 1.85. The van der Waals surface area contributed by atoms with E-state index in [1.807, 2.05) is 80.1 Å². The van der Waals surface area contributed by atoms with Gasteiger partial charge in [0, 0.05) is 21.7 Å². The molecule has 0 aliphatic carbocycles.